The van der Waals surface area contributed by atoms with E-state index in [-0.39, 0.29) is 0 Å². The summed E-state index contributed by atoms with van der Waals surface area (Å²) < 4.78 is 1.06. The largest absolute Gasteiger partial charge is 0.263 e. The van der Waals surface area contributed by atoms with Crippen molar-refractivity contribution >= 4 is 27.3 Å². The molecule has 3 heteroatoms. The Kier molecular flexibility index (Phi) is 3.32. The normalized spacial score (nSPS) is 10.4. The molecular weight excluding hydrogens is 258 g/mol. The second-order valence-corrected chi connectivity index (χ2v) is 5.04. The second-order valence-electron chi connectivity index (χ2n) is 3.09. The van der Waals surface area contributed by atoms with E-state index in [9.17, 15) is 0 Å². The summed E-state index contributed by atoms with van der Waals surface area (Å²) in [6, 6.07) is 6.40. The zero-order valence-electron chi connectivity index (χ0n) is 7.61. The maximum atomic E-state index is 4.14. The highest BCUT2D eigenvalue weighted by Gasteiger charge is 1.97. The molecule has 0 saturated carbocycles. The summed E-state index contributed by atoms with van der Waals surface area (Å²) in [4.78, 5) is 5.58. The van der Waals surface area contributed by atoms with Gasteiger partial charge in [-0.1, -0.05) is 6.07 Å². The van der Waals surface area contributed by atoms with E-state index < -0.39 is 0 Å². The third-order valence-corrected chi connectivity index (χ3v) is 3.37. The van der Waals surface area contributed by atoms with Crippen LogP contribution in [-0.4, -0.2) is 4.98 Å². The molecule has 0 fully saturated rings. The second kappa shape index (κ2) is 4.71. The molecule has 72 valence electrons. The molecule has 2 aromatic rings. The smallest absolute Gasteiger partial charge is 0.0410 e. The van der Waals surface area contributed by atoms with Crippen molar-refractivity contribution < 1.29 is 0 Å². The molecule has 1 nitrogen and oxygen atoms in total. The number of nitrogens with zero attached hydrogens (tertiary/aromatic N) is 1. The van der Waals surface area contributed by atoms with Gasteiger partial charge in [-0.25, -0.2) is 0 Å². The minimum atomic E-state index is 1.06. The van der Waals surface area contributed by atoms with Crippen molar-refractivity contribution in [3.63, 3.8) is 0 Å². The first-order valence-electron chi connectivity index (χ1n) is 4.46. The predicted octanol–water partition coefficient (Wildman–Crippen LogP) is 3.69. The van der Waals surface area contributed by atoms with E-state index in [4.69, 9.17) is 0 Å². The van der Waals surface area contributed by atoms with Gasteiger partial charge in [0.15, 0.2) is 0 Å². The lowest BCUT2D eigenvalue weighted by molar-refractivity contribution is 0.966. The number of halogens is 1. The molecule has 0 aliphatic rings. The fourth-order valence-electron chi connectivity index (χ4n) is 1.31. The first-order chi connectivity index (χ1) is 6.84. The molecule has 14 heavy (non-hydrogen) atoms. The Morgan fingerprint density at radius 3 is 2.93 bits per heavy atom. The summed E-state index contributed by atoms with van der Waals surface area (Å²) in [6.45, 7) is 0. The van der Waals surface area contributed by atoms with E-state index >= 15 is 0 Å². The number of aromatic nitrogens is 1. The number of hydrogen-bond acceptors (Lipinski definition) is 2. The molecule has 0 aliphatic heterocycles. The molecule has 0 aliphatic carbocycles. The summed E-state index contributed by atoms with van der Waals surface area (Å²) in [7, 11) is 0. The van der Waals surface area contributed by atoms with Crippen LogP contribution in [0.4, 0.5) is 0 Å². The van der Waals surface area contributed by atoms with Crippen molar-refractivity contribution in [2.75, 3.05) is 0 Å². The van der Waals surface area contributed by atoms with Gasteiger partial charge in [-0.3, -0.25) is 4.98 Å². The Morgan fingerprint density at radius 2 is 2.21 bits per heavy atom. The molecule has 0 radical (unpaired) electrons. The van der Waals surface area contributed by atoms with Gasteiger partial charge in [0, 0.05) is 21.7 Å². The van der Waals surface area contributed by atoms with Gasteiger partial charge in [0.1, 0.15) is 0 Å². The number of rotatable bonds is 3. The van der Waals surface area contributed by atoms with Gasteiger partial charge in [-0.2, -0.15) is 0 Å². The molecule has 0 saturated heterocycles. The standard InChI is InChI=1S/C11H10BrNS/c12-10-6-9(7-13-8-10)3-4-11-2-1-5-14-11/h1-2,5-8H,3-4H2. The van der Waals surface area contributed by atoms with Crippen LogP contribution in [0.1, 0.15) is 10.4 Å². The molecule has 0 amide bonds. The molecule has 2 aromatic heterocycles. The van der Waals surface area contributed by atoms with Gasteiger partial charge in [-0.05, 0) is 51.8 Å². The minimum absolute atomic E-state index is 1.06. The first-order valence-corrected chi connectivity index (χ1v) is 6.14. The first kappa shape index (κ1) is 9.87. The van der Waals surface area contributed by atoms with Crippen molar-refractivity contribution in [1.82, 2.24) is 4.98 Å². The van der Waals surface area contributed by atoms with Crippen molar-refractivity contribution in [3.8, 4) is 0 Å². The van der Waals surface area contributed by atoms with Gasteiger partial charge in [0.05, 0.1) is 0 Å². The van der Waals surface area contributed by atoms with E-state index in [0.29, 0.717) is 0 Å². The molecule has 2 rings (SSSR count). The van der Waals surface area contributed by atoms with Gasteiger partial charge in [0.2, 0.25) is 0 Å². The van der Waals surface area contributed by atoms with Crippen LogP contribution in [0.25, 0.3) is 0 Å². The average molecular weight is 268 g/mol. The highest BCUT2D eigenvalue weighted by Crippen LogP contribution is 2.14. The van der Waals surface area contributed by atoms with Crippen LogP contribution in [0.15, 0.2) is 40.4 Å². The monoisotopic (exact) mass is 267 g/mol. The molecular formula is C11H10BrNS. The number of hydrogen-bond donors (Lipinski definition) is 0. The minimum Gasteiger partial charge on any atom is -0.263 e. The molecule has 0 atom stereocenters. The Morgan fingerprint density at radius 1 is 1.29 bits per heavy atom. The van der Waals surface area contributed by atoms with Crippen molar-refractivity contribution in [1.29, 1.82) is 0 Å². The maximum Gasteiger partial charge on any atom is 0.0410 e. The predicted molar refractivity (Wildman–Crippen MR) is 63.7 cm³/mol. The number of aryl methyl sites for hydroxylation is 2. The van der Waals surface area contributed by atoms with E-state index in [1.165, 1.54) is 10.4 Å². The zero-order valence-corrected chi connectivity index (χ0v) is 10.0. The van der Waals surface area contributed by atoms with Gasteiger partial charge >= 0.3 is 0 Å². The lowest BCUT2D eigenvalue weighted by atomic mass is 10.1. The Hall–Kier alpha value is -0.670. The van der Waals surface area contributed by atoms with Gasteiger partial charge < -0.3 is 0 Å². The van der Waals surface area contributed by atoms with E-state index in [1.54, 1.807) is 0 Å². The van der Waals surface area contributed by atoms with E-state index in [2.05, 4.69) is 44.5 Å². The van der Waals surface area contributed by atoms with Crippen molar-refractivity contribution in [2.24, 2.45) is 0 Å². The van der Waals surface area contributed by atoms with Crippen molar-refractivity contribution in [3.05, 3.63) is 50.9 Å². The third kappa shape index (κ3) is 2.66. The Labute approximate surface area is 95.9 Å². The number of thiophene rings is 1. The highest BCUT2D eigenvalue weighted by atomic mass is 79.9. The summed E-state index contributed by atoms with van der Waals surface area (Å²) in [5.74, 6) is 0. The molecule has 0 bridgehead atoms. The fourth-order valence-corrected chi connectivity index (χ4v) is 2.44. The summed E-state index contributed by atoms with van der Waals surface area (Å²) in [6.07, 6.45) is 5.91. The quantitative estimate of drug-likeness (QED) is 0.827. The van der Waals surface area contributed by atoms with Crippen LogP contribution >= 0.6 is 27.3 Å². The van der Waals surface area contributed by atoms with Gasteiger partial charge in [-0.15, -0.1) is 11.3 Å². The molecule has 0 unspecified atom stereocenters. The van der Waals surface area contributed by atoms with Crippen LogP contribution in [0.5, 0.6) is 0 Å². The lowest BCUT2D eigenvalue weighted by Gasteiger charge is -1.99. The van der Waals surface area contributed by atoms with E-state index in [0.717, 1.165) is 17.3 Å². The van der Waals surface area contributed by atoms with Crippen LogP contribution in [0, 0.1) is 0 Å². The molecule has 2 heterocycles. The van der Waals surface area contributed by atoms with Crippen LogP contribution in [-0.2, 0) is 12.8 Å². The van der Waals surface area contributed by atoms with Crippen LogP contribution in [0.3, 0.4) is 0 Å². The fraction of sp³-hybridized carbons (Fsp3) is 0.182. The zero-order chi connectivity index (χ0) is 9.80. The SMILES string of the molecule is Brc1cncc(CCc2cccs2)c1. The maximum absolute atomic E-state index is 4.14. The average Bonchev–Trinajstić information content (AvgIpc) is 2.67. The van der Waals surface area contributed by atoms with Crippen LogP contribution < -0.4 is 0 Å². The van der Waals surface area contributed by atoms with Crippen molar-refractivity contribution in [2.45, 2.75) is 12.8 Å². The summed E-state index contributed by atoms with van der Waals surface area (Å²) in [5.41, 5.74) is 1.28. The Balaban J connectivity index is 1.98. The highest BCUT2D eigenvalue weighted by molar-refractivity contribution is 9.10. The van der Waals surface area contributed by atoms with Gasteiger partial charge in [0.25, 0.3) is 0 Å². The molecule has 0 aromatic carbocycles. The third-order valence-electron chi connectivity index (χ3n) is 2.00. The molecule has 0 spiro atoms. The summed E-state index contributed by atoms with van der Waals surface area (Å²) in [5, 5.41) is 2.12. The summed E-state index contributed by atoms with van der Waals surface area (Å²) >= 11 is 5.24. The topological polar surface area (TPSA) is 12.9 Å². The number of pyridine rings is 1. The lowest BCUT2D eigenvalue weighted by Crippen LogP contribution is -1.89. The Bertz CT molecular complexity index is 397. The molecule has 0 N–H and O–H groups in total. The van der Waals surface area contributed by atoms with Crippen LogP contribution in [0.2, 0.25) is 0 Å². The van der Waals surface area contributed by atoms with E-state index in [1.807, 2.05) is 23.7 Å².